The molecule has 0 bridgehead atoms. The zero-order valence-electron chi connectivity index (χ0n) is 12.4. The predicted molar refractivity (Wildman–Crippen MR) is 79.1 cm³/mol. The number of rotatable bonds is 3. The Balaban J connectivity index is 2.57. The van der Waals surface area contributed by atoms with Crippen molar-refractivity contribution in [1.82, 2.24) is 10.6 Å². The lowest BCUT2D eigenvalue weighted by Crippen LogP contribution is -2.73. The van der Waals surface area contributed by atoms with E-state index in [0.29, 0.717) is 0 Å². The average molecular weight is 366 g/mol. The third kappa shape index (κ3) is 3.29. The van der Waals surface area contributed by atoms with Gasteiger partial charge < -0.3 is 20.5 Å². The van der Waals surface area contributed by atoms with Gasteiger partial charge in [0.1, 0.15) is 11.7 Å². The monoisotopic (exact) mass is 366 g/mol. The number of alkyl halides is 3. The summed E-state index contributed by atoms with van der Waals surface area (Å²) >= 11 is 4.71. The summed E-state index contributed by atoms with van der Waals surface area (Å²) in [6.07, 6.45) is -5.23. The average Bonchev–Trinajstić information content (AvgIpc) is 2.45. The van der Waals surface area contributed by atoms with Gasteiger partial charge in [0.15, 0.2) is 5.11 Å². The Morgan fingerprint density at radius 3 is 2.67 bits per heavy atom. The number of carbonyl (C=O) groups excluding carboxylic acids is 1. The molecule has 1 aromatic carbocycles. The van der Waals surface area contributed by atoms with Gasteiger partial charge in [-0.2, -0.15) is 13.2 Å². The Morgan fingerprint density at radius 2 is 2.12 bits per heavy atom. The van der Waals surface area contributed by atoms with Crippen LogP contribution in [0.2, 0.25) is 0 Å². The van der Waals surface area contributed by atoms with E-state index in [1.165, 1.54) is 19.1 Å². The standard InChI is InChI=1S/C14H14F4N2O3S/c1-2-23-11(21)9-10(7-4-3-5-8(15)6-7)19-12(24)20-13(9,22)14(16,17)18/h3-6,9-10,22H,2H2,1H3,(H2,19,20,24)/t9-,10-,13+/m1/s1. The quantitative estimate of drug-likeness (QED) is 0.430. The lowest BCUT2D eigenvalue weighted by Gasteiger charge is -2.45. The lowest BCUT2D eigenvalue weighted by atomic mass is 9.82. The predicted octanol–water partition coefficient (Wildman–Crippen LogP) is 1.77. The first kappa shape index (κ1) is 18.4. The van der Waals surface area contributed by atoms with Crippen molar-refractivity contribution in [2.75, 3.05) is 6.61 Å². The molecule has 1 aromatic rings. The number of hydrogen-bond acceptors (Lipinski definition) is 4. The molecule has 2 rings (SSSR count). The van der Waals surface area contributed by atoms with Crippen LogP contribution in [0.4, 0.5) is 17.6 Å². The molecule has 0 saturated carbocycles. The second-order valence-corrected chi connectivity index (χ2v) is 5.53. The van der Waals surface area contributed by atoms with Crippen molar-refractivity contribution in [3.63, 3.8) is 0 Å². The third-order valence-corrected chi connectivity index (χ3v) is 3.77. The maximum atomic E-state index is 13.4. The van der Waals surface area contributed by atoms with Gasteiger partial charge in [-0.15, -0.1) is 0 Å². The summed E-state index contributed by atoms with van der Waals surface area (Å²) < 4.78 is 58.4. The second-order valence-electron chi connectivity index (χ2n) is 5.12. The summed E-state index contributed by atoms with van der Waals surface area (Å²) in [5, 5.41) is 13.8. The maximum absolute atomic E-state index is 13.4. The van der Waals surface area contributed by atoms with Gasteiger partial charge >= 0.3 is 12.1 Å². The topological polar surface area (TPSA) is 70.6 Å². The van der Waals surface area contributed by atoms with Gasteiger partial charge in [0.05, 0.1) is 12.6 Å². The van der Waals surface area contributed by atoms with Crippen LogP contribution in [-0.4, -0.2) is 34.7 Å². The van der Waals surface area contributed by atoms with Crippen LogP contribution in [0.25, 0.3) is 0 Å². The highest BCUT2D eigenvalue weighted by atomic mass is 32.1. The minimum atomic E-state index is -5.23. The van der Waals surface area contributed by atoms with Gasteiger partial charge in [0.25, 0.3) is 5.72 Å². The van der Waals surface area contributed by atoms with E-state index < -0.39 is 40.8 Å². The zero-order valence-corrected chi connectivity index (χ0v) is 13.2. The number of benzene rings is 1. The summed E-state index contributed by atoms with van der Waals surface area (Å²) in [6.45, 7) is 1.22. The molecular formula is C14H14F4N2O3S. The van der Waals surface area contributed by atoms with Crippen LogP contribution in [0, 0.1) is 11.7 Å². The van der Waals surface area contributed by atoms with Crippen LogP contribution < -0.4 is 10.6 Å². The molecular weight excluding hydrogens is 352 g/mol. The molecule has 24 heavy (non-hydrogen) atoms. The fraction of sp³-hybridized carbons (Fsp3) is 0.429. The number of carbonyl (C=O) groups is 1. The summed E-state index contributed by atoms with van der Waals surface area (Å²) in [5.41, 5.74) is -3.64. The van der Waals surface area contributed by atoms with Crippen molar-refractivity contribution in [3.8, 4) is 0 Å². The highest BCUT2D eigenvalue weighted by Gasteiger charge is 2.66. The summed E-state index contributed by atoms with van der Waals surface area (Å²) in [7, 11) is 0. The van der Waals surface area contributed by atoms with Gasteiger partial charge in [-0.05, 0) is 36.8 Å². The van der Waals surface area contributed by atoms with Crippen molar-refractivity contribution in [1.29, 1.82) is 0 Å². The van der Waals surface area contributed by atoms with Gasteiger partial charge in [0.2, 0.25) is 0 Å². The van der Waals surface area contributed by atoms with Crippen LogP contribution in [0.3, 0.4) is 0 Å². The molecule has 1 aliphatic rings. The fourth-order valence-corrected chi connectivity index (χ4v) is 2.80. The van der Waals surface area contributed by atoms with Crippen molar-refractivity contribution < 1.29 is 32.2 Å². The van der Waals surface area contributed by atoms with E-state index in [-0.39, 0.29) is 12.2 Å². The molecule has 0 aliphatic carbocycles. The van der Waals surface area contributed by atoms with Crippen molar-refractivity contribution in [3.05, 3.63) is 35.6 Å². The summed E-state index contributed by atoms with van der Waals surface area (Å²) in [6, 6.07) is 3.21. The largest absolute Gasteiger partial charge is 0.466 e. The smallest absolute Gasteiger partial charge is 0.437 e. The molecule has 0 spiro atoms. The number of ether oxygens (including phenoxy) is 1. The molecule has 1 saturated heterocycles. The molecule has 5 nitrogen and oxygen atoms in total. The number of nitrogens with one attached hydrogen (secondary N) is 2. The van der Waals surface area contributed by atoms with Crippen LogP contribution in [0.15, 0.2) is 24.3 Å². The molecule has 1 heterocycles. The number of hydrogen-bond donors (Lipinski definition) is 3. The number of aliphatic hydroxyl groups is 1. The Kier molecular flexibility index (Phi) is 5.00. The van der Waals surface area contributed by atoms with E-state index in [1.54, 1.807) is 5.32 Å². The van der Waals surface area contributed by atoms with Crippen molar-refractivity contribution in [2.45, 2.75) is 24.9 Å². The number of esters is 1. The Morgan fingerprint density at radius 1 is 1.46 bits per heavy atom. The van der Waals surface area contributed by atoms with Crippen LogP contribution in [0.1, 0.15) is 18.5 Å². The first-order valence-electron chi connectivity index (χ1n) is 6.90. The minimum absolute atomic E-state index is 0.0135. The highest BCUT2D eigenvalue weighted by molar-refractivity contribution is 7.80. The van der Waals surface area contributed by atoms with Crippen LogP contribution in [0.5, 0.6) is 0 Å². The molecule has 1 fully saturated rings. The highest BCUT2D eigenvalue weighted by Crippen LogP contribution is 2.43. The summed E-state index contributed by atoms with van der Waals surface area (Å²) in [5.74, 6) is -4.14. The Hall–Kier alpha value is -1.94. The lowest BCUT2D eigenvalue weighted by molar-refractivity contribution is -0.292. The van der Waals surface area contributed by atoms with Crippen LogP contribution >= 0.6 is 12.2 Å². The fourth-order valence-electron chi connectivity index (χ4n) is 2.51. The zero-order chi connectivity index (χ0) is 18.1. The van der Waals surface area contributed by atoms with E-state index >= 15 is 0 Å². The van der Waals surface area contributed by atoms with E-state index in [0.717, 1.165) is 12.1 Å². The number of halogens is 4. The molecule has 1 aliphatic heterocycles. The van der Waals surface area contributed by atoms with Crippen molar-refractivity contribution >= 4 is 23.3 Å². The Labute approximate surface area is 140 Å². The van der Waals surface area contributed by atoms with E-state index in [2.05, 4.69) is 10.1 Å². The van der Waals surface area contributed by atoms with Gasteiger partial charge in [-0.3, -0.25) is 4.79 Å². The van der Waals surface area contributed by atoms with Gasteiger partial charge in [-0.25, -0.2) is 4.39 Å². The van der Waals surface area contributed by atoms with Gasteiger partial charge in [-0.1, -0.05) is 12.1 Å². The normalized spacial score (nSPS) is 27.2. The van der Waals surface area contributed by atoms with Crippen molar-refractivity contribution in [2.24, 2.45) is 5.92 Å². The molecule has 0 aromatic heterocycles. The molecule has 3 N–H and O–H groups in total. The SMILES string of the molecule is CCOC(=O)[C@H]1[C@@H](c2cccc(F)c2)NC(=S)N[C@@]1(O)C(F)(F)F. The molecule has 0 radical (unpaired) electrons. The van der Waals surface area contributed by atoms with Crippen LogP contribution in [-0.2, 0) is 9.53 Å². The van der Waals surface area contributed by atoms with Gasteiger partial charge in [0, 0.05) is 0 Å². The van der Waals surface area contributed by atoms with E-state index in [1.807, 2.05) is 0 Å². The number of thiocarbonyl (C=S) groups is 1. The Bertz CT molecular complexity index is 655. The second kappa shape index (κ2) is 6.52. The minimum Gasteiger partial charge on any atom is -0.466 e. The molecule has 0 amide bonds. The third-order valence-electron chi connectivity index (χ3n) is 3.55. The van der Waals surface area contributed by atoms with E-state index in [4.69, 9.17) is 12.2 Å². The first-order valence-corrected chi connectivity index (χ1v) is 7.31. The van der Waals surface area contributed by atoms with E-state index in [9.17, 15) is 27.5 Å². The first-order chi connectivity index (χ1) is 11.1. The maximum Gasteiger partial charge on any atom is 0.437 e. The summed E-state index contributed by atoms with van der Waals surface area (Å²) in [4.78, 5) is 12.1. The molecule has 10 heteroatoms. The molecule has 0 unspecified atom stereocenters. The molecule has 132 valence electrons. The molecule has 3 atom stereocenters.